The van der Waals surface area contributed by atoms with E-state index in [1.807, 2.05) is 61.5 Å². The van der Waals surface area contributed by atoms with Crippen LogP contribution < -0.4 is 10.7 Å². The molecule has 1 fully saturated rings. The minimum Gasteiger partial charge on any atom is -0.378 e. The summed E-state index contributed by atoms with van der Waals surface area (Å²) < 4.78 is 5.35. The molecule has 1 amide bonds. The Morgan fingerprint density at radius 2 is 1.74 bits per heavy atom. The van der Waals surface area contributed by atoms with Gasteiger partial charge >= 0.3 is 0 Å². The van der Waals surface area contributed by atoms with Gasteiger partial charge in [-0.25, -0.2) is 4.98 Å². The molecule has 3 aromatic heterocycles. The van der Waals surface area contributed by atoms with Gasteiger partial charge < -0.3 is 15.0 Å². The molecule has 0 aliphatic carbocycles. The van der Waals surface area contributed by atoms with Crippen LogP contribution in [0.3, 0.4) is 0 Å². The van der Waals surface area contributed by atoms with E-state index in [2.05, 4.69) is 20.3 Å². The number of ether oxygens (including phenoxy) is 1. The number of fused-ring (bicyclic) bond motifs is 2. The lowest BCUT2D eigenvalue weighted by Crippen LogP contribution is -2.40. The summed E-state index contributed by atoms with van der Waals surface area (Å²) in [5.41, 5.74) is 4.83. The number of aromatic nitrogens is 3. The lowest BCUT2D eigenvalue weighted by Gasteiger charge is -2.26. The van der Waals surface area contributed by atoms with Gasteiger partial charge in [-0.2, -0.15) is 0 Å². The van der Waals surface area contributed by atoms with Gasteiger partial charge in [-0.05, 0) is 54.4 Å². The van der Waals surface area contributed by atoms with Crippen molar-refractivity contribution in [3.05, 3.63) is 106 Å². The number of hydrogen-bond acceptors (Lipinski definition) is 7. The van der Waals surface area contributed by atoms with Gasteiger partial charge in [0, 0.05) is 59.0 Å². The average Bonchev–Trinajstić information content (AvgIpc) is 3.12. The zero-order valence-corrected chi connectivity index (χ0v) is 21.6. The molecule has 39 heavy (non-hydrogen) atoms. The van der Waals surface area contributed by atoms with Gasteiger partial charge in [-0.1, -0.05) is 24.3 Å². The third kappa shape index (κ3) is 5.06. The number of nitrogens with zero attached hydrogens (tertiary/aromatic N) is 4. The Bertz CT molecular complexity index is 1750. The van der Waals surface area contributed by atoms with E-state index in [4.69, 9.17) is 4.74 Å². The van der Waals surface area contributed by atoms with Crippen molar-refractivity contribution < 1.29 is 9.53 Å². The van der Waals surface area contributed by atoms with Gasteiger partial charge in [-0.3, -0.25) is 19.6 Å². The summed E-state index contributed by atoms with van der Waals surface area (Å²) in [7, 11) is 0. The molecule has 6 rings (SSSR count). The molecule has 0 radical (unpaired) electrons. The van der Waals surface area contributed by atoms with Crippen LogP contribution >= 0.6 is 0 Å². The van der Waals surface area contributed by atoms with Crippen LogP contribution in [-0.4, -0.2) is 52.1 Å². The summed E-state index contributed by atoms with van der Waals surface area (Å²) in [6, 6.07) is 18.7. The number of carbonyl (C=O) groups excluding carboxylic acids is 1. The van der Waals surface area contributed by atoms with Gasteiger partial charge in [0.15, 0.2) is 5.43 Å². The number of amides is 1. The zero-order valence-electron chi connectivity index (χ0n) is 21.6. The first-order chi connectivity index (χ1) is 19.1. The van der Waals surface area contributed by atoms with Crippen molar-refractivity contribution in [1.29, 1.82) is 0 Å². The van der Waals surface area contributed by atoms with Crippen LogP contribution in [0.4, 0.5) is 5.82 Å². The number of morpholine rings is 1. The molecular weight excluding hydrogens is 490 g/mol. The van der Waals surface area contributed by atoms with Crippen molar-refractivity contribution in [1.82, 2.24) is 19.9 Å². The number of anilines is 1. The van der Waals surface area contributed by atoms with Crippen LogP contribution in [0.1, 0.15) is 21.6 Å². The second-order valence-electron chi connectivity index (χ2n) is 9.58. The van der Waals surface area contributed by atoms with E-state index in [0.29, 0.717) is 60.5 Å². The molecule has 1 N–H and O–H groups in total. The maximum Gasteiger partial charge on any atom is 0.254 e. The predicted octanol–water partition coefficient (Wildman–Crippen LogP) is 4.60. The topological polar surface area (TPSA) is 97.3 Å². The lowest BCUT2D eigenvalue weighted by molar-refractivity contribution is 0.0303. The molecular formula is C31H27N5O3. The fourth-order valence-electron chi connectivity index (χ4n) is 4.79. The highest BCUT2D eigenvalue weighted by molar-refractivity contribution is 5.96. The van der Waals surface area contributed by atoms with Crippen molar-refractivity contribution in [2.24, 2.45) is 0 Å². The van der Waals surface area contributed by atoms with Crippen LogP contribution in [0.5, 0.6) is 0 Å². The van der Waals surface area contributed by atoms with Gasteiger partial charge in [0.1, 0.15) is 5.82 Å². The van der Waals surface area contributed by atoms with E-state index in [1.54, 1.807) is 29.6 Å². The van der Waals surface area contributed by atoms with E-state index >= 15 is 0 Å². The maximum atomic E-state index is 13.7. The highest BCUT2D eigenvalue weighted by Crippen LogP contribution is 2.24. The molecule has 0 atom stereocenters. The summed E-state index contributed by atoms with van der Waals surface area (Å²) in [6.07, 6.45) is 5.22. The quantitative estimate of drug-likeness (QED) is 0.364. The molecule has 0 bridgehead atoms. The molecule has 8 heteroatoms. The Morgan fingerprint density at radius 3 is 2.54 bits per heavy atom. The number of nitrogens with one attached hydrogen (secondary N) is 1. The Labute approximate surface area is 225 Å². The first-order valence-corrected chi connectivity index (χ1v) is 12.9. The van der Waals surface area contributed by atoms with Gasteiger partial charge in [0.05, 0.1) is 31.0 Å². The molecule has 1 aliphatic heterocycles. The highest BCUT2D eigenvalue weighted by Gasteiger charge is 2.18. The number of aryl methyl sites for hydroxylation is 1. The normalized spacial score (nSPS) is 13.5. The van der Waals surface area contributed by atoms with E-state index < -0.39 is 0 Å². The van der Waals surface area contributed by atoms with E-state index in [1.165, 1.54) is 0 Å². The minimum atomic E-state index is -0.113. The zero-order chi connectivity index (χ0) is 26.8. The maximum absolute atomic E-state index is 13.7. The van der Waals surface area contributed by atoms with Crippen LogP contribution in [0.15, 0.2) is 84.0 Å². The summed E-state index contributed by atoms with van der Waals surface area (Å²) in [5.74, 6) is 0.603. The van der Waals surface area contributed by atoms with Crippen molar-refractivity contribution in [2.45, 2.75) is 13.5 Å². The van der Waals surface area contributed by atoms with Crippen LogP contribution in [-0.2, 0) is 11.3 Å². The molecule has 1 aliphatic rings. The molecule has 1 saturated heterocycles. The number of hydrogen-bond donors (Lipinski definition) is 1. The largest absolute Gasteiger partial charge is 0.378 e. The summed E-state index contributed by atoms with van der Waals surface area (Å²) >= 11 is 0. The summed E-state index contributed by atoms with van der Waals surface area (Å²) in [5, 5.41) is 5.11. The number of carbonyl (C=O) groups is 1. The Morgan fingerprint density at radius 1 is 0.923 bits per heavy atom. The molecule has 0 spiro atoms. The molecule has 5 aromatic rings. The average molecular weight is 518 g/mol. The highest BCUT2D eigenvalue weighted by atomic mass is 16.5. The molecule has 0 unspecified atom stereocenters. The van der Waals surface area contributed by atoms with Crippen molar-refractivity contribution in [3.63, 3.8) is 0 Å². The monoisotopic (exact) mass is 517 g/mol. The van der Waals surface area contributed by atoms with Crippen molar-refractivity contribution >= 4 is 33.4 Å². The number of pyridine rings is 3. The van der Waals surface area contributed by atoms with E-state index in [0.717, 1.165) is 27.8 Å². The molecule has 0 saturated carbocycles. The number of benzene rings is 1. The SMILES string of the molecule is Cc1cccnc1CNc1cc2c(=O)c3cc(-c4ccc(C(=O)N5CCOCC5)cc4)cnc3ccc2cn1. The van der Waals surface area contributed by atoms with Crippen LogP contribution in [0.25, 0.3) is 32.8 Å². The summed E-state index contributed by atoms with van der Waals surface area (Å²) in [6.45, 7) is 4.85. The smallest absolute Gasteiger partial charge is 0.254 e. The Balaban J connectivity index is 1.32. The van der Waals surface area contributed by atoms with E-state index in [-0.39, 0.29) is 11.3 Å². The minimum absolute atomic E-state index is 0.00180. The van der Waals surface area contributed by atoms with Gasteiger partial charge in [-0.15, -0.1) is 0 Å². The first kappa shape index (κ1) is 24.6. The van der Waals surface area contributed by atoms with Crippen LogP contribution in [0.2, 0.25) is 0 Å². The molecule has 194 valence electrons. The first-order valence-electron chi connectivity index (χ1n) is 12.9. The van der Waals surface area contributed by atoms with Gasteiger partial charge in [0.25, 0.3) is 5.91 Å². The standard InChI is InChI=1S/C31H27N5O3/c1-20-3-2-10-32-28(20)19-35-29-16-25-23(17-34-29)8-9-27-26(30(25)37)15-24(18-33-27)21-4-6-22(7-5-21)31(38)36-11-13-39-14-12-36/h2-10,15-18H,11-14,19H2,1H3,(H,34,35). The summed E-state index contributed by atoms with van der Waals surface area (Å²) in [4.78, 5) is 41.8. The van der Waals surface area contributed by atoms with Crippen molar-refractivity contribution in [2.75, 3.05) is 31.6 Å². The third-order valence-corrected chi connectivity index (χ3v) is 7.08. The van der Waals surface area contributed by atoms with Crippen molar-refractivity contribution in [3.8, 4) is 11.1 Å². The lowest BCUT2D eigenvalue weighted by atomic mass is 10.0. The second kappa shape index (κ2) is 10.6. The fraction of sp³-hybridized carbons (Fsp3) is 0.194. The molecule has 8 nitrogen and oxygen atoms in total. The van der Waals surface area contributed by atoms with E-state index in [9.17, 15) is 9.59 Å². The third-order valence-electron chi connectivity index (χ3n) is 7.08. The Hall–Kier alpha value is -4.69. The van der Waals surface area contributed by atoms with Crippen LogP contribution in [0, 0.1) is 6.92 Å². The molecule has 2 aromatic carbocycles. The Kier molecular flexibility index (Phi) is 6.69. The van der Waals surface area contributed by atoms with Gasteiger partial charge in [0.2, 0.25) is 0 Å². The predicted molar refractivity (Wildman–Crippen MR) is 152 cm³/mol. The second-order valence-corrected chi connectivity index (χ2v) is 9.58. The fourth-order valence-corrected chi connectivity index (χ4v) is 4.79. The molecule has 4 heterocycles. The number of rotatable bonds is 5.